The molecule has 0 aliphatic rings. The third kappa shape index (κ3) is 3.79. The molecule has 0 saturated carbocycles. The van der Waals surface area contributed by atoms with Crippen LogP contribution in [0.4, 0.5) is 5.82 Å². The van der Waals surface area contributed by atoms with E-state index in [0.717, 1.165) is 44.8 Å². The highest BCUT2D eigenvalue weighted by atomic mass is 16.3. The Bertz CT molecular complexity index is 1670. The predicted molar refractivity (Wildman–Crippen MR) is 144 cm³/mol. The second kappa shape index (κ2) is 8.65. The van der Waals surface area contributed by atoms with E-state index in [0.29, 0.717) is 6.54 Å². The first-order valence-corrected chi connectivity index (χ1v) is 11.8. The number of rotatable bonds is 5. The number of phenols is 1. The fourth-order valence-electron chi connectivity index (χ4n) is 4.76. The Kier molecular flexibility index (Phi) is 5.19. The number of aryl methyl sites for hydroxylation is 1. The minimum Gasteiger partial charge on any atom is -0.507 e. The van der Waals surface area contributed by atoms with E-state index in [2.05, 4.69) is 65.2 Å². The van der Waals surface area contributed by atoms with E-state index in [4.69, 9.17) is 4.98 Å². The maximum absolute atomic E-state index is 11.0. The number of nitrogens with zero attached hydrogens (tertiary/aromatic N) is 2. The minimum absolute atomic E-state index is 0.246. The van der Waals surface area contributed by atoms with Crippen LogP contribution in [0, 0.1) is 6.92 Å². The first-order valence-electron chi connectivity index (χ1n) is 11.8. The number of benzene rings is 4. The molecule has 4 aromatic carbocycles. The summed E-state index contributed by atoms with van der Waals surface area (Å²) < 4.78 is 2.13. The third-order valence-corrected chi connectivity index (χ3v) is 6.40. The van der Waals surface area contributed by atoms with Gasteiger partial charge in [0.25, 0.3) is 0 Å². The average molecular weight is 456 g/mol. The van der Waals surface area contributed by atoms with Crippen LogP contribution in [0.2, 0.25) is 0 Å². The number of fused-ring (bicyclic) bond motifs is 2. The van der Waals surface area contributed by atoms with Crippen LogP contribution in [0.3, 0.4) is 0 Å². The Hall–Kier alpha value is -4.57. The van der Waals surface area contributed by atoms with E-state index >= 15 is 0 Å². The van der Waals surface area contributed by atoms with Crippen molar-refractivity contribution in [3.05, 3.63) is 120 Å². The normalized spacial score (nSPS) is 11.2. The lowest BCUT2D eigenvalue weighted by Gasteiger charge is -2.15. The number of hydrogen-bond donors (Lipinski definition) is 2. The van der Waals surface area contributed by atoms with E-state index in [1.54, 1.807) is 6.07 Å². The SMILES string of the molecule is Cc1cccc(-c2nc3cccc(-c4c(O)ccc5ccccc45)n3c2NCc2ccccc2)c1. The van der Waals surface area contributed by atoms with Crippen molar-refractivity contribution in [2.45, 2.75) is 13.5 Å². The summed E-state index contributed by atoms with van der Waals surface area (Å²) in [7, 11) is 0. The highest BCUT2D eigenvalue weighted by molar-refractivity contribution is 5.99. The van der Waals surface area contributed by atoms with Crippen molar-refractivity contribution in [2.75, 3.05) is 5.32 Å². The number of imidazole rings is 1. The maximum atomic E-state index is 11.0. The summed E-state index contributed by atoms with van der Waals surface area (Å²) in [5.41, 5.74) is 6.81. The van der Waals surface area contributed by atoms with Gasteiger partial charge in [0.1, 0.15) is 22.9 Å². The minimum atomic E-state index is 0.246. The molecule has 6 rings (SSSR count). The van der Waals surface area contributed by atoms with Crippen LogP contribution in [0.15, 0.2) is 109 Å². The number of anilines is 1. The zero-order valence-corrected chi connectivity index (χ0v) is 19.4. The molecule has 0 spiro atoms. The molecule has 0 atom stereocenters. The summed E-state index contributed by atoms with van der Waals surface area (Å²) in [6.45, 7) is 2.75. The van der Waals surface area contributed by atoms with E-state index in [1.807, 2.05) is 54.6 Å². The molecular weight excluding hydrogens is 430 g/mol. The van der Waals surface area contributed by atoms with Gasteiger partial charge in [-0.25, -0.2) is 4.98 Å². The van der Waals surface area contributed by atoms with Gasteiger partial charge in [-0.2, -0.15) is 0 Å². The van der Waals surface area contributed by atoms with E-state index < -0.39 is 0 Å². The molecule has 0 unspecified atom stereocenters. The number of hydrogen-bond acceptors (Lipinski definition) is 3. The topological polar surface area (TPSA) is 49.6 Å². The molecule has 2 aromatic heterocycles. The Morgan fingerprint density at radius 3 is 2.46 bits per heavy atom. The largest absolute Gasteiger partial charge is 0.507 e. The van der Waals surface area contributed by atoms with Crippen LogP contribution in [0.5, 0.6) is 5.75 Å². The van der Waals surface area contributed by atoms with Gasteiger partial charge in [-0.05, 0) is 47.5 Å². The predicted octanol–water partition coefficient (Wildman–Crippen LogP) is 7.45. The Balaban J connectivity index is 1.62. The van der Waals surface area contributed by atoms with Crippen molar-refractivity contribution >= 4 is 22.2 Å². The number of aromatic nitrogens is 2. The first-order chi connectivity index (χ1) is 17.2. The van der Waals surface area contributed by atoms with E-state index in [9.17, 15) is 5.11 Å². The molecule has 6 aromatic rings. The Labute approximate surface area is 204 Å². The zero-order chi connectivity index (χ0) is 23.8. The fourth-order valence-corrected chi connectivity index (χ4v) is 4.76. The van der Waals surface area contributed by atoms with E-state index in [-0.39, 0.29) is 5.75 Å². The first kappa shape index (κ1) is 21.0. The van der Waals surface area contributed by atoms with Gasteiger partial charge in [0.2, 0.25) is 0 Å². The van der Waals surface area contributed by atoms with Crippen LogP contribution in [0.1, 0.15) is 11.1 Å². The maximum Gasteiger partial charge on any atom is 0.139 e. The lowest BCUT2D eigenvalue weighted by Crippen LogP contribution is -2.05. The molecule has 170 valence electrons. The Morgan fingerprint density at radius 2 is 1.60 bits per heavy atom. The average Bonchev–Trinajstić information content (AvgIpc) is 3.27. The highest BCUT2D eigenvalue weighted by Gasteiger charge is 2.20. The molecular formula is C31H25N3O. The molecule has 0 aliphatic carbocycles. The quantitative estimate of drug-likeness (QED) is 0.284. The van der Waals surface area contributed by atoms with Crippen LogP contribution >= 0.6 is 0 Å². The molecule has 4 nitrogen and oxygen atoms in total. The van der Waals surface area contributed by atoms with Gasteiger partial charge in [-0.1, -0.05) is 90.5 Å². The van der Waals surface area contributed by atoms with Gasteiger partial charge >= 0.3 is 0 Å². The molecule has 0 aliphatic heterocycles. The number of nitrogens with one attached hydrogen (secondary N) is 1. The van der Waals surface area contributed by atoms with Crippen LogP contribution in [-0.4, -0.2) is 14.5 Å². The smallest absolute Gasteiger partial charge is 0.139 e. The van der Waals surface area contributed by atoms with Crippen LogP contribution < -0.4 is 5.32 Å². The van der Waals surface area contributed by atoms with Crippen LogP contribution in [-0.2, 0) is 6.54 Å². The molecule has 0 amide bonds. The standard InChI is InChI=1S/C31H25N3O/c1-21-9-7-13-24(19-21)30-31(32-20-22-10-3-2-4-11-22)34-26(15-8-16-28(34)33-30)29-25-14-6-5-12-23(25)17-18-27(29)35/h2-19,32,35H,20H2,1H3. The summed E-state index contributed by atoms with van der Waals surface area (Å²) in [4.78, 5) is 5.05. The molecule has 35 heavy (non-hydrogen) atoms. The van der Waals surface area contributed by atoms with Gasteiger partial charge in [-0.3, -0.25) is 4.40 Å². The second-order valence-electron chi connectivity index (χ2n) is 8.80. The van der Waals surface area contributed by atoms with Crippen molar-refractivity contribution < 1.29 is 5.11 Å². The van der Waals surface area contributed by atoms with Gasteiger partial charge in [-0.15, -0.1) is 0 Å². The second-order valence-corrected chi connectivity index (χ2v) is 8.80. The lowest BCUT2D eigenvalue weighted by atomic mass is 10.0. The van der Waals surface area contributed by atoms with Crippen molar-refractivity contribution in [1.82, 2.24) is 9.38 Å². The van der Waals surface area contributed by atoms with Crippen molar-refractivity contribution in [3.8, 4) is 28.3 Å². The molecule has 2 N–H and O–H groups in total. The molecule has 0 bridgehead atoms. The number of aromatic hydroxyl groups is 1. The summed E-state index contributed by atoms with van der Waals surface area (Å²) in [5.74, 6) is 1.15. The summed E-state index contributed by atoms with van der Waals surface area (Å²) in [5, 5.41) is 16.8. The van der Waals surface area contributed by atoms with Gasteiger partial charge in [0.15, 0.2) is 0 Å². The lowest BCUT2D eigenvalue weighted by molar-refractivity contribution is 0.478. The molecule has 0 fully saturated rings. The summed E-state index contributed by atoms with van der Waals surface area (Å²) in [6.07, 6.45) is 0. The summed E-state index contributed by atoms with van der Waals surface area (Å²) in [6, 6.07) is 36.7. The zero-order valence-electron chi connectivity index (χ0n) is 19.4. The number of pyridine rings is 1. The summed E-state index contributed by atoms with van der Waals surface area (Å²) >= 11 is 0. The molecule has 0 saturated heterocycles. The van der Waals surface area contributed by atoms with Gasteiger partial charge in [0.05, 0.1) is 5.69 Å². The molecule has 4 heteroatoms. The monoisotopic (exact) mass is 455 g/mol. The van der Waals surface area contributed by atoms with Crippen LogP contribution in [0.25, 0.3) is 38.9 Å². The highest BCUT2D eigenvalue weighted by Crippen LogP contribution is 2.40. The fraction of sp³-hybridized carbons (Fsp3) is 0.0645. The van der Waals surface area contributed by atoms with Crippen molar-refractivity contribution in [2.24, 2.45) is 0 Å². The third-order valence-electron chi connectivity index (χ3n) is 6.40. The molecule has 2 heterocycles. The Morgan fingerprint density at radius 1 is 0.800 bits per heavy atom. The number of phenolic OH excluding ortho intramolecular Hbond substituents is 1. The van der Waals surface area contributed by atoms with Gasteiger partial charge in [0, 0.05) is 17.7 Å². The van der Waals surface area contributed by atoms with Gasteiger partial charge < -0.3 is 10.4 Å². The van der Waals surface area contributed by atoms with Crippen molar-refractivity contribution in [1.29, 1.82) is 0 Å². The van der Waals surface area contributed by atoms with E-state index in [1.165, 1.54) is 11.1 Å². The molecule has 0 radical (unpaired) electrons. The van der Waals surface area contributed by atoms with Crippen molar-refractivity contribution in [3.63, 3.8) is 0 Å².